The van der Waals surface area contributed by atoms with Gasteiger partial charge in [0.15, 0.2) is 5.78 Å². The molecule has 1 fully saturated rings. The van der Waals surface area contributed by atoms with E-state index in [2.05, 4.69) is 6.92 Å². The quantitative estimate of drug-likeness (QED) is 0.658. The van der Waals surface area contributed by atoms with Gasteiger partial charge in [-0.3, -0.25) is 4.79 Å². The van der Waals surface area contributed by atoms with E-state index in [0.29, 0.717) is 5.78 Å². The first-order chi connectivity index (χ1) is 6.22. The van der Waals surface area contributed by atoms with Crippen molar-refractivity contribution >= 4 is 17.1 Å². The van der Waals surface area contributed by atoms with E-state index in [1.54, 1.807) is 11.3 Å². The van der Waals surface area contributed by atoms with Gasteiger partial charge in [0.2, 0.25) is 0 Å². The number of hydrogen-bond donors (Lipinski definition) is 0. The maximum atomic E-state index is 12.0. The van der Waals surface area contributed by atoms with Crippen molar-refractivity contribution in [3.8, 4) is 0 Å². The van der Waals surface area contributed by atoms with E-state index < -0.39 is 0 Å². The highest BCUT2D eigenvalue weighted by Gasteiger charge is 2.36. The van der Waals surface area contributed by atoms with Crippen molar-refractivity contribution in [3.05, 3.63) is 22.4 Å². The Morgan fingerprint density at radius 1 is 1.46 bits per heavy atom. The monoisotopic (exact) mass is 194 g/mol. The molecule has 1 aromatic rings. The van der Waals surface area contributed by atoms with Crippen LogP contribution in [0, 0.1) is 5.41 Å². The third-order valence-corrected chi connectivity index (χ3v) is 3.72. The van der Waals surface area contributed by atoms with Crippen LogP contribution < -0.4 is 0 Å². The molecule has 1 saturated carbocycles. The molecule has 0 aliphatic heterocycles. The molecule has 0 N–H and O–H groups in total. The van der Waals surface area contributed by atoms with E-state index in [9.17, 15) is 4.79 Å². The Morgan fingerprint density at radius 2 is 2.15 bits per heavy atom. The molecule has 0 radical (unpaired) electrons. The number of ketones is 1. The number of hydrogen-bond acceptors (Lipinski definition) is 2. The second kappa shape index (κ2) is 3.26. The van der Waals surface area contributed by atoms with Gasteiger partial charge in [-0.05, 0) is 24.3 Å². The van der Waals surface area contributed by atoms with Crippen LogP contribution in [0.5, 0.6) is 0 Å². The molecule has 1 aromatic heterocycles. The van der Waals surface area contributed by atoms with Crippen LogP contribution in [0.2, 0.25) is 0 Å². The van der Waals surface area contributed by atoms with E-state index >= 15 is 0 Å². The minimum absolute atomic E-state index is 0.0545. The minimum atomic E-state index is -0.0545. The van der Waals surface area contributed by atoms with E-state index in [0.717, 1.165) is 18.4 Å². The maximum absolute atomic E-state index is 12.0. The highest BCUT2D eigenvalue weighted by atomic mass is 32.1. The number of Topliss-reactive ketones (excluding diaryl/α,β-unsaturated/α-hetero) is 1. The van der Waals surface area contributed by atoms with Crippen LogP contribution in [-0.4, -0.2) is 5.78 Å². The molecule has 70 valence electrons. The molecule has 0 spiro atoms. The smallest absolute Gasteiger partial charge is 0.169 e. The predicted molar refractivity (Wildman–Crippen MR) is 55.2 cm³/mol. The summed E-state index contributed by atoms with van der Waals surface area (Å²) < 4.78 is 0. The fourth-order valence-corrected chi connectivity index (χ4v) is 2.76. The van der Waals surface area contributed by atoms with Gasteiger partial charge in [-0.1, -0.05) is 19.8 Å². The topological polar surface area (TPSA) is 17.1 Å². The van der Waals surface area contributed by atoms with Gasteiger partial charge in [0.05, 0.1) is 0 Å². The van der Waals surface area contributed by atoms with Crippen molar-refractivity contribution in [2.45, 2.75) is 32.6 Å². The van der Waals surface area contributed by atoms with Crippen LogP contribution in [0.15, 0.2) is 16.8 Å². The van der Waals surface area contributed by atoms with Gasteiger partial charge in [-0.15, -0.1) is 0 Å². The Balaban J connectivity index is 2.21. The van der Waals surface area contributed by atoms with Crippen molar-refractivity contribution < 1.29 is 4.79 Å². The summed E-state index contributed by atoms with van der Waals surface area (Å²) in [5.74, 6) is 0.353. The lowest BCUT2D eigenvalue weighted by molar-refractivity contribution is 0.0824. The number of thiophene rings is 1. The second-order valence-electron chi connectivity index (χ2n) is 4.11. The average molecular weight is 194 g/mol. The van der Waals surface area contributed by atoms with Crippen LogP contribution >= 0.6 is 11.3 Å². The van der Waals surface area contributed by atoms with Gasteiger partial charge in [0.1, 0.15) is 0 Å². The van der Waals surface area contributed by atoms with Gasteiger partial charge in [-0.2, -0.15) is 11.3 Å². The van der Waals surface area contributed by atoms with Crippen molar-refractivity contribution in [2.75, 3.05) is 0 Å². The SMILES string of the molecule is CC1(C(=O)c2ccsc2)CCCC1. The molecule has 2 rings (SSSR count). The predicted octanol–water partition coefficient (Wildman–Crippen LogP) is 3.51. The largest absolute Gasteiger partial charge is 0.294 e. The standard InChI is InChI=1S/C11H14OS/c1-11(5-2-3-6-11)10(12)9-4-7-13-8-9/h4,7-8H,2-3,5-6H2,1H3. The fourth-order valence-electron chi connectivity index (χ4n) is 2.12. The van der Waals surface area contributed by atoms with Gasteiger partial charge >= 0.3 is 0 Å². The Bertz CT molecular complexity index is 294. The molecule has 0 amide bonds. The minimum Gasteiger partial charge on any atom is -0.294 e. The molecule has 0 aromatic carbocycles. The van der Waals surface area contributed by atoms with Crippen LogP contribution in [0.25, 0.3) is 0 Å². The van der Waals surface area contributed by atoms with Gasteiger partial charge < -0.3 is 0 Å². The molecule has 0 saturated heterocycles. The summed E-state index contributed by atoms with van der Waals surface area (Å²) in [6.07, 6.45) is 4.57. The third kappa shape index (κ3) is 1.55. The number of carbonyl (C=O) groups is 1. The third-order valence-electron chi connectivity index (χ3n) is 3.04. The van der Waals surface area contributed by atoms with Crippen molar-refractivity contribution in [3.63, 3.8) is 0 Å². The molecule has 0 bridgehead atoms. The zero-order valence-corrected chi connectivity index (χ0v) is 8.69. The second-order valence-corrected chi connectivity index (χ2v) is 4.89. The molecule has 0 atom stereocenters. The van der Waals surface area contributed by atoms with E-state index in [1.165, 1.54) is 12.8 Å². The highest BCUT2D eigenvalue weighted by Crippen LogP contribution is 2.40. The van der Waals surface area contributed by atoms with Crippen LogP contribution in [0.3, 0.4) is 0 Å². The van der Waals surface area contributed by atoms with Crippen molar-refractivity contribution in [1.29, 1.82) is 0 Å². The first-order valence-corrected chi connectivity index (χ1v) is 5.74. The Labute approximate surface area is 82.8 Å². The summed E-state index contributed by atoms with van der Waals surface area (Å²) in [5.41, 5.74) is 0.857. The number of rotatable bonds is 2. The van der Waals surface area contributed by atoms with Crippen molar-refractivity contribution in [2.24, 2.45) is 5.41 Å². The van der Waals surface area contributed by atoms with E-state index in [-0.39, 0.29) is 5.41 Å². The first-order valence-electron chi connectivity index (χ1n) is 4.79. The summed E-state index contributed by atoms with van der Waals surface area (Å²) >= 11 is 1.60. The summed E-state index contributed by atoms with van der Waals surface area (Å²) in [4.78, 5) is 12.0. The highest BCUT2D eigenvalue weighted by molar-refractivity contribution is 7.08. The average Bonchev–Trinajstić information content (AvgIpc) is 2.73. The van der Waals surface area contributed by atoms with Crippen LogP contribution in [0.1, 0.15) is 43.0 Å². The van der Waals surface area contributed by atoms with E-state index in [1.807, 2.05) is 16.8 Å². The number of carbonyl (C=O) groups excluding carboxylic acids is 1. The Hall–Kier alpha value is -0.630. The lowest BCUT2D eigenvalue weighted by Crippen LogP contribution is -2.23. The van der Waals surface area contributed by atoms with E-state index in [4.69, 9.17) is 0 Å². The normalized spacial score (nSPS) is 20.4. The zero-order chi connectivity index (χ0) is 9.31. The zero-order valence-electron chi connectivity index (χ0n) is 7.88. The molecular weight excluding hydrogens is 180 g/mol. The Kier molecular flexibility index (Phi) is 2.24. The molecule has 1 aliphatic carbocycles. The van der Waals surface area contributed by atoms with Crippen LogP contribution in [-0.2, 0) is 0 Å². The summed E-state index contributed by atoms with van der Waals surface area (Å²) in [7, 11) is 0. The van der Waals surface area contributed by atoms with Gasteiger partial charge in [0, 0.05) is 16.4 Å². The van der Waals surface area contributed by atoms with Gasteiger partial charge in [0.25, 0.3) is 0 Å². The molecule has 1 heterocycles. The van der Waals surface area contributed by atoms with Gasteiger partial charge in [-0.25, -0.2) is 0 Å². The molecule has 2 heteroatoms. The molecule has 13 heavy (non-hydrogen) atoms. The Morgan fingerprint density at radius 3 is 2.69 bits per heavy atom. The molecular formula is C11H14OS. The molecule has 1 nitrogen and oxygen atoms in total. The fraction of sp³-hybridized carbons (Fsp3) is 0.545. The van der Waals surface area contributed by atoms with Crippen molar-refractivity contribution in [1.82, 2.24) is 0 Å². The lowest BCUT2D eigenvalue weighted by atomic mass is 9.81. The molecule has 1 aliphatic rings. The molecule has 0 unspecified atom stereocenters. The van der Waals surface area contributed by atoms with Crippen LogP contribution in [0.4, 0.5) is 0 Å². The summed E-state index contributed by atoms with van der Waals surface area (Å²) in [6.45, 7) is 2.11. The summed E-state index contributed by atoms with van der Waals surface area (Å²) in [6, 6.07) is 1.94. The first kappa shape index (κ1) is 8.95. The maximum Gasteiger partial charge on any atom is 0.169 e. The summed E-state index contributed by atoms with van der Waals surface area (Å²) in [5, 5.41) is 3.94. The lowest BCUT2D eigenvalue weighted by Gasteiger charge is -2.20.